The van der Waals surface area contributed by atoms with Crippen molar-refractivity contribution in [3.05, 3.63) is 60.8 Å². The molecule has 0 rings (SSSR count). The van der Waals surface area contributed by atoms with Gasteiger partial charge in [-0.2, -0.15) is 0 Å². The van der Waals surface area contributed by atoms with Crippen LogP contribution in [0.5, 0.6) is 0 Å². The van der Waals surface area contributed by atoms with Crippen LogP contribution in [-0.4, -0.2) is 70.0 Å². The lowest BCUT2D eigenvalue weighted by Gasteiger charge is -2.28. The topological polar surface area (TPSA) is 111 Å². The summed E-state index contributed by atoms with van der Waals surface area (Å²) in [5.74, 6) is -0.826. The van der Waals surface area contributed by atoms with Crippen LogP contribution < -0.4 is 4.89 Å². The number of ether oxygens (including phenoxy) is 2. The number of hydrogen-bond donors (Lipinski definition) is 0. The Hall–Kier alpha value is -2.29. The number of quaternary nitrogens is 1. The predicted octanol–water partition coefficient (Wildman–Crippen LogP) is 23.9. The molecule has 0 saturated carbocycles. The van der Waals surface area contributed by atoms with Crippen molar-refractivity contribution < 1.29 is 42.1 Å². The maximum absolute atomic E-state index is 12.9. The SMILES string of the molecule is CC/C=C\C/C=C\C/C=C\C/C=C\C/C=C\CCCCCCCCCCCC(=O)OC(COC(=O)CCCCCCCCCCCCCCCCCCCCCCCCCCCCCCCCCCCCCCCC)COP(=O)([O-])OCC[N+](C)(C)C. The highest BCUT2D eigenvalue weighted by Gasteiger charge is 2.22. The van der Waals surface area contributed by atoms with Gasteiger partial charge in [0.15, 0.2) is 6.10 Å². The second-order valence-corrected chi connectivity index (χ2v) is 28.1. The van der Waals surface area contributed by atoms with Crippen molar-refractivity contribution in [3.8, 4) is 0 Å². The van der Waals surface area contributed by atoms with Gasteiger partial charge in [-0.1, -0.05) is 357 Å². The summed E-state index contributed by atoms with van der Waals surface area (Å²) in [6.45, 7) is 4.18. The van der Waals surface area contributed by atoms with Crippen molar-refractivity contribution in [1.82, 2.24) is 0 Å². The summed E-state index contributed by atoms with van der Waals surface area (Å²) < 4.78 is 34.3. The molecule has 0 radical (unpaired) electrons. The van der Waals surface area contributed by atoms with Crippen LogP contribution >= 0.6 is 7.82 Å². The Morgan fingerprint density at radius 2 is 0.655 bits per heavy atom. The number of unbranched alkanes of at least 4 members (excludes halogenated alkanes) is 46. The molecule has 0 spiro atoms. The molecule has 510 valence electrons. The molecule has 10 heteroatoms. The number of likely N-dealkylation sites (N-methyl/N-ethyl adjacent to an activating group) is 1. The molecule has 0 fully saturated rings. The van der Waals surface area contributed by atoms with E-state index < -0.39 is 26.5 Å². The smallest absolute Gasteiger partial charge is 0.306 e. The number of esters is 2. The number of carbonyl (C=O) groups excluding carboxylic acids is 2. The first-order chi connectivity index (χ1) is 42.5. The molecule has 0 heterocycles. The van der Waals surface area contributed by atoms with Crippen LogP contribution in [0.25, 0.3) is 0 Å². The standard InChI is InChI=1S/C77H144NO8P/c1-6-8-10-12-14-16-18-20-22-24-26-28-30-32-33-34-35-36-37-38-39-40-41-42-43-44-46-47-49-51-53-55-57-59-61-63-65-67-69-76(79)83-73-75(74-85-87(81,82)84-72-71-78(3,4)5)86-77(80)70-68-66-64-62-60-58-56-54-52-50-48-45-31-29-27-25-23-21-19-17-15-13-11-9-7-2/h9,11,15,17,21,23,27,29,45,48,75H,6-8,10,12-14,16,18-20,22,24-26,28,30-44,46-47,49-74H2,1-5H3/b11-9-,17-15-,23-21-,29-27-,48-45-. The molecular formula is C77H144NO8P. The molecule has 87 heavy (non-hydrogen) atoms. The lowest BCUT2D eigenvalue weighted by atomic mass is 10.0. The van der Waals surface area contributed by atoms with Gasteiger partial charge in [0.2, 0.25) is 0 Å². The fraction of sp³-hybridized carbons (Fsp3) is 0.844. The third-order valence-corrected chi connectivity index (χ3v) is 17.8. The van der Waals surface area contributed by atoms with Crippen LogP contribution in [0.15, 0.2) is 60.8 Å². The second-order valence-electron chi connectivity index (χ2n) is 26.6. The van der Waals surface area contributed by atoms with Crippen molar-refractivity contribution in [1.29, 1.82) is 0 Å². The van der Waals surface area contributed by atoms with Crippen molar-refractivity contribution in [2.75, 3.05) is 47.5 Å². The van der Waals surface area contributed by atoms with Gasteiger partial charge in [0.05, 0.1) is 27.7 Å². The number of phosphoric acid groups is 1. The molecule has 0 aromatic heterocycles. The Balaban J connectivity index is 3.93. The van der Waals surface area contributed by atoms with Gasteiger partial charge in [-0.3, -0.25) is 14.2 Å². The zero-order chi connectivity index (χ0) is 63.4. The summed E-state index contributed by atoms with van der Waals surface area (Å²) in [5, 5.41) is 0. The van der Waals surface area contributed by atoms with Gasteiger partial charge in [-0.15, -0.1) is 0 Å². The predicted molar refractivity (Wildman–Crippen MR) is 374 cm³/mol. The van der Waals surface area contributed by atoms with Gasteiger partial charge in [0, 0.05) is 12.8 Å². The number of phosphoric ester groups is 1. The van der Waals surface area contributed by atoms with Crippen LogP contribution in [0, 0.1) is 0 Å². The minimum Gasteiger partial charge on any atom is -0.756 e. The summed E-state index contributed by atoms with van der Waals surface area (Å²) in [6, 6.07) is 0. The third-order valence-electron chi connectivity index (χ3n) is 16.8. The molecule has 0 aromatic rings. The molecule has 0 aliphatic heterocycles. The van der Waals surface area contributed by atoms with Crippen molar-refractivity contribution >= 4 is 19.8 Å². The van der Waals surface area contributed by atoms with Gasteiger partial charge in [0.25, 0.3) is 7.82 Å². The highest BCUT2D eigenvalue weighted by molar-refractivity contribution is 7.45. The average Bonchev–Trinajstić information content (AvgIpc) is 3.49. The van der Waals surface area contributed by atoms with E-state index in [9.17, 15) is 19.0 Å². The van der Waals surface area contributed by atoms with E-state index in [0.717, 1.165) is 77.0 Å². The average molecular weight is 1240 g/mol. The number of rotatable bonds is 70. The molecule has 9 nitrogen and oxygen atoms in total. The van der Waals surface area contributed by atoms with Gasteiger partial charge < -0.3 is 27.9 Å². The van der Waals surface area contributed by atoms with Crippen molar-refractivity contribution in [2.24, 2.45) is 0 Å². The van der Waals surface area contributed by atoms with Crippen LogP contribution in [0.1, 0.15) is 367 Å². The summed E-state index contributed by atoms with van der Waals surface area (Å²) in [6.07, 6.45) is 90.5. The lowest BCUT2D eigenvalue weighted by Crippen LogP contribution is -2.37. The Labute approximate surface area is 540 Å². The Morgan fingerprint density at radius 1 is 0.368 bits per heavy atom. The van der Waals surface area contributed by atoms with Gasteiger partial charge >= 0.3 is 11.9 Å². The zero-order valence-corrected chi connectivity index (χ0v) is 59.1. The summed E-state index contributed by atoms with van der Waals surface area (Å²) in [4.78, 5) is 38.1. The van der Waals surface area contributed by atoms with Gasteiger partial charge in [0.1, 0.15) is 19.8 Å². The van der Waals surface area contributed by atoms with E-state index >= 15 is 0 Å². The fourth-order valence-electron chi connectivity index (χ4n) is 11.1. The number of carbonyl (C=O) groups is 2. The largest absolute Gasteiger partial charge is 0.756 e. The first-order valence-corrected chi connectivity index (χ1v) is 39.0. The summed E-state index contributed by atoms with van der Waals surface area (Å²) >= 11 is 0. The fourth-order valence-corrected chi connectivity index (χ4v) is 11.8. The second kappa shape index (κ2) is 68.1. The molecule has 0 aliphatic rings. The van der Waals surface area contributed by atoms with Crippen LogP contribution in [0.3, 0.4) is 0 Å². The normalized spacial score (nSPS) is 13.4. The van der Waals surface area contributed by atoms with E-state index in [0.29, 0.717) is 17.4 Å². The zero-order valence-electron chi connectivity index (χ0n) is 58.2. The first kappa shape index (κ1) is 84.7. The molecule has 0 saturated heterocycles. The van der Waals surface area contributed by atoms with Crippen molar-refractivity contribution in [3.63, 3.8) is 0 Å². The van der Waals surface area contributed by atoms with E-state index in [1.165, 1.54) is 257 Å². The Bertz CT molecular complexity index is 1650. The minimum absolute atomic E-state index is 0.0324. The maximum atomic E-state index is 12.9. The Morgan fingerprint density at radius 3 is 0.977 bits per heavy atom. The molecule has 0 amide bonds. The first-order valence-electron chi connectivity index (χ1n) is 37.5. The lowest BCUT2D eigenvalue weighted by molar-refractivity contribution is -0.870. The number of nitrogens with zero attached hydrogens (tertiary/aromatic N) is 1. The molecule has 2 atom stereocenters. The Kier molecular flexibility index (Phi) is 66.3. The van der Waals surface area contributed by atoms with Crippen LogP contribution in [0.4, 0.5) is 0 Å². The van der Waals surface area contributed by atoms with Crippen molar-refractivity contribution in [2.45, 2.75) is 373 Å². The molecule has 0 aliphatic carbocycles. The molecule has 0 bridgehead atoms. The van der Waals surface area contributed by atoms with Crippen LogP contribution in [0.2, 0.25) is 0 Å². The molecular weight excluding hydrogens is 1100 g/mol. The monoisotopic (exact) mass is 1240 g/mol. The number of hydrogen-bond acceptors (Lipinski definition) is 8. The van der Waals surface area contributed by atoms with E-state index in [2.05, 4.69) is 74.6 Å². The van der Waals surface area contributed by atoms with E-state index in [4.69, 9.17) is 18.5 Å². The molecule has 0 aromatic carbocycles. The number of allylic oxidation sites excluding steroid dienone is 10. The minimum atomic E-state index is -4.65. The highest BCUT2D eigenvalue weighted by Crippen LogP contribution is 2.38. The molecule has 0 N–H and O–H groups in total. The third kappa shape index (κ3) is 72.6. The van der Waals surface area contributed by atoms with E-state index in [-0.39, 0.29) is 32.0 Å². The summed E-state index contributed by atoms with van der Waals surface area (Å²) in [7, 11) is 1.17. The van der Waals surface area contributed by atoms with E-state index in [1.807, 2.05) is 21.1 Å². The quantitative estimate of drug-likeness (QED) is 0.0195. The molecule has 2 unspecified atom stereocenters. The van der Waals surface area contributed by atoms with Gasteiger partial charge in [-0.25, -0.2) is 0 Å². The summed E-state index contributed by atoms with van der Waals surface area (Å²) in [5.41, 5.74) is 0. The van der Waals surface area contributed by atoms with E-state index in [1.54, 1.807) is 0 Å². The van der Waals surface area contributed by atoms with Gasteiger partial charge in [-0.05, 0) is 57.8 Å². The highest BCUT2D eigenvalue weighted by atomic mass is 31.2. The van der Waals surface area contributed by atoms with Crippen LogP contribution in [-0.2, 0) is 32.7 Å². The maximum Gasteiger partial charge on any atom is 0.306 e.